The van der Waals surface area contributed by atoms with Crippen LogP contribution in [0.15, 0.2) is 36.5 Å². The number of hydrogen-bond acceptors (Lipinski definition) is 4. The number of carbonyl (C=O) groups is 1. The molecule has 3 aromatic rings. The maximum Gasteiger partial charge on any atom is 0.274 e. The lowest BCUT2D eigenvalue weighted by Crippen LogP contribution is -2.41. The van der Waals surface area contributed by atoms with Gasteiger partial charge in [0.2, 0.25) is 0 Å². The van der Waals surface area contributed by atoms with Crippen molar-refractivity contribution >= 4 is 34.1 Å². The van der Waals surface area contributed by atoms with E-state index in [0.29, 0.717) is 16.4 Å². The molecule has 4 rings (SSSR count). The molecule has 0 saturated heterocycles. The maximum atomic E-state index is 12.5. The number of amides is 1. The molecule has 1 saturated carbocycles. The van der Waals surface area contributed by atoms with Crippen LogP contribution in [-0.4, -0.2) is 31.4 Å². The van der Waals surface area contributed by atoms with E-state index in [9.17, 15) is 9.90 Å². The third kappa shape index (κ3) is 3.62. The van der Waals surface area contributed by atoms with E-state index in [2.05, 4.69) is 15.4 Å². The van der Waals surface area contributed by atoms with E-state index in [1.807, 2.05) is 43.8 Å². The Kier molecular flexibility index (Phi) is 4.63. The zero-order valence-corrected chi connectivity index (χ0v) is 16.9. The summed E-state index contributed by atoms with van der Waals surface area (Å²) in [6.45, 7) is 5.55. The van der Waals surface area contributed by atoms with Crippen LogP contribution in [0.25, 0.3) is 10.9 Å². The SMILES string of the molecule is Cc1cccc(C(=O)Nc2cc3cn(C4CC(C(C)(C)O)C4)nc3cc2Cl)n1. The Bertz CT molecular complexity index is 1050. The minimum absolute atomic E-state index is 0.275. The third-order valence-electron chi connectivity index (χ3n) is 5.47. The summed E-state index contributed by atoms with van der Waals surface area (Å²) in [6.07, 6.45) is 3.76. The molecule has 0 radical (unpaired) electrons. The second kappa shape index (κ2) is 6.87. The molecule has 0 aliphatic heterocycles. The topological polar surface area (TPSA) is 80.0 Å². The summed E-state index contributed by atoms with van der Waals surface area (Å²) >= 11 is 6.37. The molecule has 1 aliphatic carbocycles. The van der Waals surface area contributed by atoms with E-state index in [1.165, 1.54) is 0 Å². The minimum Gasteiger partial charge on any atom is -0.390 e. The van der Waals surface area contributed by atoms with Gasteiger partial charge in [-0.05, 0) is 63.8 Å². The van der Waals surface area contributed by atoms with Crippen LogP contribution in [0.1, 0.15) is 48.9 Å². The first kappa shape index (κ1) is 18.9. The monoisotopic (exact) mass is 398 g/mol. The molecular weight excluding hydrogens is 376 g/mol. The van der Waals surface area contributed by atoms with Crippen molar-refractivity contribution in [3.05, 3.63) is 52.9 Å². The number of aryl methyl sites for hydroxylation is 1. The van der Waals surface area contributed by atoms with Crippen molar-refractivity contribution in [2.24, 2.45) is 5.92 Å². The second-order valence-corrected chi connectivity index (χ2v) is 8.50. The summed E-state index contributed by atoms with van der Waals surface area (Å²) in [4.78, 5) is 16.7. The van der Waals surface area contributed by atoms with Crippen LogP contribution in [0.3, 0.4) is 0 Å². The van der Waals surface area contributed by atoms with Crippen molar-refractivity contribution < 1.29 is 9.90 Å². The summed E-state index contributed by atoms with van der Waals surface area (Å²) in [5, 5.41) is 18.9. The lowest BCUT2D eigenvalue weighted by molar-refractivity contribution is -0.0412. The number of benzene rings is 1. The Morgan fingerprint density at radius 2 is 2.07 bits per heavy atom. The maximum absolute atomic E-state index is 12.5. The van der Waals surface area contributed by atoms with Gasteiger partial charge >= 0.3 is 0 Å². The molecule has 0 spiro atoms. The molecule has 0 atom stereocenters. The number of rotatable bonds is 4. The number of anilines is 1. The average Bonchev–Trinajstić information content (AvgIpc) is 2.94. The largest absolute Gasteiger partial charge is 0.390 e. The lowest BCUT2D eigenvalue weighted by Gasteiger charge is -2.42. The molecule has 28 heavy (non-hydrogen) atoms. The van der Waals surface area contributed by atoms with E-state index < -0.39 is 5.60 Å². The van der Waals surface area contributed by atoms with Gasteiger partial charge in [0, 0.05) is 17.3 Å². The molecule has 1 aromatic carbocycles. The van der Waals surface area contributed by atoms with E-state index in [0.717, 1.165) is 29.4 Å². The highest BCUT2D eigenvalue weighted by Crippen LogP contribution is 2.44. The first-order chi connectivity index (χ1) is 13.2. The van der Waals surface area contributed by atoms with E-state index >= 15 is 0 Å². The highest BCUT2D eigenvalue weighted by molar-refractivity contribution is 6.34. The van der Waals surface area contributed by atoms with Crippen LogP contribution in [-0.2, 0) is 0 Å². The Morgan fingerprint density at radius 3 is 2.75 bits per heavy atom. The number of nitrogens with one attached hydrogen (secondary N) is 1. The predicted octanol–water partition coefficient (Wildman–Crippen LogP) is 4.37. The van der Waals surface area contributed by atoms with Crippen molar-refractivity contribution in [2.45, 2.75) is 45.3 Å². The smallest absolute Gasteiger partial charge is 0.274 e. The fraction of sp³-hybridized carbons (Fsp3) is 0.381. The van der Waals surface area contributed by atoms with Crippen LogP contribution < -0.4 is 5.32 Å². The molecule has 7 heteroatoms. The summed E-state index contributed by atoms with van der Waals surface area (Å²) in [7, 11) is 0. The molecule has 2 N–H and O–H groups in total. The Morgan fingerprint density at radius 1 is 1.32 bits per heavy atom. The Hall–Kier alpha value is -2.44. The molecule has 1 aliphatic rings. The Labute approximate surface area is 168 Å². The highest BCUT2D eigenvalue weighted by atomic mass is 35.5. The summed E-state index contributed by atoms with van der Waals surface area (Å²) in [6, 6.07) is 9.18. The minimum atomic E-state index is -0.659. The van der Waals surface area contributed by atoms with Gasteiger partial charge in [0.25, 0.3) is 5.91 Å². The van der Waals surface area contributed by atoms with Crippen LogP contribution >= 0.6 is 11.6 Å². The van der Waals surface area contributed by atoms with Gasteiger partial charge < -0.3 is 10.4 Å². The first-order valence-corrected chi connectivity index (χ1v) is 9.74. The normalized spacial score (nSPS) is 19.5. The number of aromatic nitrogens is 3. The number of pyridine rings is 1. The van der Waals surface area contributed by atoms with Gasteiger partial charge in [-0.3, -0.25) is 9.48 Å². The van der Waals surface area contributed by atoms with Crippen molar-refractivity contribution in [3.8, 4) is 0 Å². The van der Waals surface area contributed by atoms with Gasteiger partial charge in [0.05, 0.1) is 27.9 Å². The van der Waals surface area contributed by atoms with Crippen molar-refractivity contribution in [1.29, 1.82) is 0 Å². The summed E-state index contributed by atoms with van der Waals surface area (Å²) in [5.74, 6) is -0.0190. The van der Waals surface area contributed by atoms with E-state index in [4.69, 9.17) is 11.6 Å². The molecule has 1 amide bonds. The first-order valence-electron chi connectivity index (χ1n) is 9.36. The van der Waals surface area contributed by atoms with Gasteiger partial charge in [-0.25, -0.2) is 4.98 Å². The van der Waals surface area contributed by atoms with Gasteiger partial charge in [0.1, 0.15) is 5.69 Å². The second-order valence-electron chi connectivity index (χ2n) is 8.09. The molecule has 2 heterocycles. The molecule has 0 unspecified atom stereocenters. The average molecular weight is 399 g/mol. The van der Waals surface area contributed by atoms with E-state index in [-0.39, 0.29) is 17.9 Å². The van der Waals surface area contributed by atoms with Gasteiger partial charge in [0.15, 0.2) is 0 Å². The predicted molar refractivity (Wildman–Crippen MR) is 110 cm³/mol. The molecule has 6 nitrogen and oxygen atoms in total. The van der Waals surface area contributed by atoms with Crippen molar-refractivity contribution in [3.63, 3.8) is 0 Å². The molecule has 1 fully saturated rings. The van der Waals surface area contributed by atoms with Crippen LogP contribution in [0.2, 0.25) is 5.02 Å². The molecular formula is C21H23ClN4O2. The number of nitrogens with zero attached hydrogens (tertiary/aromatic N) is 3. The number of fused-ring (bicyclic) bond motifs is 1. The quantitative estimate of drug-likeness (QED) is 0.683. The summed E-state index contributed by atoms with van der Waals surface area (Å²) < 4.78 is 1.94. The zero-order valence-electron chi connectivity index (χ0n) is 16.1. The molecule has 0 bridgehead atoms. The summed E-state index contributed by atoms with van der Waals surface area (Å²) in [5.41, 5.74) is 1.78. The van der Waals surface area contributed by atoms with Crippen molar-refractivity contribution in [1.82, 2.24) is 14.8 Å². The van der Waals surface area contributed by atoms with Gasteiger partial charge in [-0.2, -0.15) is 5.10 Å². The fourth-order valence-electron chi connectivity index (χ4n) is 3.58. The molecule has 2 aromatic heterocycles. The van der Waals surface area contributed by atoms with E-state index in [1.54, 1.807) is 18.2 Å². The molecule has 146 valence electrons. The lowest BCUT2D eigenvalue weighted by atomic mass is 9.71. The number of carbonyl (C=O) groups excluding carboxylic acids is 1. The van der Waals surface area contributed by atoms with Crippen LogP contribution in [0.4, 0.5) is 5.69 Å². The van der Waals surface area contributed by atoms with Crippen molar-refractivity contribution in [2.75, 3.05) is 5.32 Å². The number of hydrogen-bond donors (Lipinski definition) is 2. The highest BCUT2D eigenvalue weighted by Gasteiger charge is 2.40. The third-order valence-corrected chi connectivity index (χ3v) is 5.78. The van der Waals surface area contributed by atoms with Gasteiger partial charge in [-0.15, -0.1) is 0 Å². The Balaban J connectivity index is 1.54. The standard InChI is InChI=1S/C21H23ClN4O2/c1-12-5-4-6-17(23-12)20(27)24-19-7-13-11-26(25-18(13)10-16(19)22)15-8-14(9-15)21(2,3)28/h4-7,10-11,14-15,28H,8-9H2,1-3H3,(H,24,27). The fourth-order valence-corrected chi connectivity index (χ4v) is 3.79. The van der Waals surface area contributed by atoms with Crippen LogP contribution in [0, 0.1) is 12.8 Å². The van der Waals surface area contributed by atoms with Gasteiger partial charge in [-0.1, -0.05) is 17.7 Å². The number of aliphatic hydroxyl groups is 1. The van der Waals surface area contributed by atoms with Crippen LogP contribution in [0.5, 0.6) is 0 Å². The zero-order chi connectivity index (χ0) is 20.1. The number of halogens is 1.